The third-order valence-corrected chi connectivity index (χ3v) is 8.76. The molecule has 3 aromatic carbocycles. The monoisotopic (exact) mass is 625 g/mol. The number of hydrogen-bond acceptors (Lipinski definition) is 4. The fraction of sp³-hybridized carbons (Fsp3) is 0.231. The van der Waals surface area contributed by atoms with Crippen LogP contribution in [-0.4, -0.2) is 44.8 Å². The lowest BCUT2D eigenvalue weighted by Gasteiger charge is -2.32. The molecule has 3 rings (SSSR count). The molecule has 0 fully saturated rings. The van der Waals surface area contributed by atoms with E-state index in [4.69, 9.17) is 23.2 Å². The van der Waals surface area contributed by atoms with Crippen LogP contribution in [0.5, 0.6) is 0 Å². The van der Waals surface area contributed by atoms with Gasteiger partial charge in [0.25, 0.3) is 10.0 Å². The van der Waals surface area contributed by atoms with Gasteiger partial charge in [0.05, 0.1) is 20.6 Å². The normalized spacial score (nSPS) is 12.1. The third-order valence-electron chi connectivity index (χ3n) is 5.73. The van der Waals surface area contributed by atoms with Crippen LogP contribution < -0.4 is 9.62 Å². The zero-order chi connectivity index (χ0) is 27.3. The maximum Gasteiger partial charge on any atom is 0.264 e. The molecule has 0 bridgehead atoms. The molecule has 0 radical (unpaired) electrons. The van der Waals surface area contributed by atoms with Gasteiger partial charge in [0.15, 0.2) is 0 Å². The van der Waals surface area contributed by atoms with E-state index in [2.05, 4.69) is 21.2 Å². The summed E-state index contributed by atoms with van der Waals surface area (Å²) in [6, 6.07) is 17.1. The summed E-state index contributed by atoms with van der Waals surface area (Å²) in [6.45, 7) is 2.91. The Morgan fingerprint density at radius 1 is 1.00 bits per heavy atom. The van der Waals surface area contributed by atoms with Gasteiger partial charge in [-0.05, 0) is 61.9 Å². The highest BCUT2D eigenvalue weighted by atomic mass is 79.9. The van der Waals surface area contributed by atoms with Gasteiger partial charge < -0.3 is 10.2 Å². The number of rotatable bonds is 9. The minimum Gasteiger partial charge on any atom is -0.357 e. The number of sulfonamides is 1. The van der Waals surface area contributed by atoms with Crippen LogP contribution >= 0.6 is 39.1 Å². The van der Waals surface area contributed by atoms with Crippen LogP contribution in [0.1, 0.15) is 18.1 Å². The maximum atomic E-state index is 13.7. The number of halogens is 3. The Kier molecular flexibility index (Phi) is 9.63. The largest absolute Gasteiger partial charge is 0.357 e. The van der Waals surface area contributed by atoms with E-state index in [0.29, 0.717) is 25.8 Å². The van der Waals surface area contributed by atoms with Gasteiger partial charge in [0.1, 0.15) is 12.6 Å². The summed E-state index contributed by atoms with van der Waals surface area (Å²) in [5.74, 6) is -0.971. The van der Waals surface area contributed by atoms with Crippen molar-refractivity contribution < 1.29 is 18.0 Å². The van der Waals surface area contributed by atoms with E-state index in [1.165, 1.54) is 24.1 Å². The molecule has 1 N–H and O–H groups in total. The molecular formula is C26H26BrCl2N3O4S. The lowest BCUT2D eigenvalue weighted by Crippen LogP contribution is -2.50. The van der Waals surface area contributed by atoms with Crippen molar-refractivity contribution >= 4 is 66.7 Å². The molecule has 196 valence electrons. The van der Waals surface area contributed by atoms with Gasteiger partial charge in [-0.15, -0.1) is 0 Å². The Balaban J connectivity index is 2.04. The number of likely N-dealkylation sites (N-methyl/N-ethyl adjacent to an activating group) is 1. The molecular weight excluding hydrogens is 601 g/mol. The minimum absolute atomic E-state index is 0.0151. The topological polar surface area (TPSA) is 86.8 Å². The SMILES string of the molecule is CNC(=O)C(C)N(Cc1ccc(Cl)c(Cl)c1)C(=O)CN(c1cccc(Br)c1)S(=O)(=O)c1ccc(C)cc1. The van der Waals surface area contributed by atoms with Crippen LogP contribution in [0.4, 0.5) is 5.69 Å². The second-order valence-corrected chi connectivity index (χ2v) is 12.0. The fourth-order valence-corrected chi connectivity index (χ4v) is 5.74. The minimum atomic E-state index is -4.13. The van der Waals surface area contributed by atoms with E-state index in [0.717, 1.165) is 9.87 Å². The quantitative estimate of drug-likeness (QED) is 0.344. The van der Waals surface area contributed by atoms with E-state index in [1.807, 2.05) is 6.92 Å². The summed E-state index contributed by atoms with van der Waals surface area (Å²) < 4.78 is 29.2. The number of aryl methyl sites for hydroxylation is 1. The van der Waals surface area contributed by atoms with Crippen LogP contribution in [0, 0.1) is 6.92 Å². The Bertz CT molecular complexity index is 1400. The van der Waals surface area contributed by atoms with Gasteiger partial charge in [0.2, 0.25) is 11.8 Å². The van der Waals surface area contributed by atoms with Crippen LogP contribution in [0.15, 0.2) is 76.1 Å². The molecule has 0 aliphatic heterocycles. The van der Waals surface area contributed by atoms with Gasteiger partial charge in [-0.1, -0.05) is 69.0 Å². The van der Waals surface area contributed by atoms with Gasteiger partial charge in [0, 0.05) is 18.1 Å². The van der Waals surface area contributed by atoms with E-state index in [1.54, 1.807) is 61.5 Å². The molecule has 0 spiro atoms. The number of carbonyl (C=O) groups excluding carboxylic acids is 2. The molecule has 0 saturated carbocycles. The molecule has 1 unspecified atom stereocenters. The van der Waals surface area contributed by atoms with Gasteiger partial charge in [-0.2, -0.15) is 0 Å². The van der Waals surface area contributed by atoms with Gasteiger partial charge in [-0.25, -0.2) is 8.42 Å². The van der Waals surface area contributed by atoms with Crippen molar-refractivity contribution in [2.45, 2.75) is 31.3 Å². The number of nitrogens with one attached hydrogen (secondary N) is 1. The Labute approximate surface area is 235 Å². The average molecular weight is 627 g/mol. The number of hydrogen-bond donors (Lipinski definition) is 1. The van der Waals surface area contributed by atoms with Gasteiger partial charge in [-0.3, -0.25) is 13.9 Å². The Hall–Kier alpha value is -2.59. The summed E-state index contributed by atoms with van der Waals surface area (Å²) >= 11 is 15.6. The summed E-state index contributed by atoms with van der Waals surface area (Å²) in [7, 11) is -2.66. The molecule has 37 heavy (non-hydrogen) atoms. The van der Waals surface area contributed by atoms with E-state index < -0.39 is 34.4 Å². The highest BCUT2D eigenvalue weighted by Gasteiger charge is 2.32. The molecule has 3 aromatic rings. The molecule has 7 nitrogen and oxygen atoms in total. The highest BCUT2D eigenvalue weighted by molar-refractivity contribution is 9.10. The number of amides is 2. The van der Waals surface area contributed by atoms with Crippen molar-refractivity contribution in [3.05, 3.63) is 92.4 Å². The first-order chi connectivity index (χ1) is 17.4. The first-order valence-corrected chi connectivity index (χ1v) is 14.2. The number of benzene rings is 3. The predicted molar refractivity (Wildman–Crippen MR) is 150 cm³/mol. The van der Waals surface area contributed by atoms with Crippen molar-refractivity contribution in [1.29, 1.82) is 0 Å². The van der Waals surface area contributed by atoms with Crippen molar-refractivity contribution in [1.82, 2.24) is 10.2 Å². The van der Waals surface area contributed by atoms with Crippen molar-refractivity contribution in [2.75, 3.05) is 17.9 Å². The van der Waals surface area contributed by atoms with Crippen molar-refractivity contribution in [3.63, 3.8) is 0 Å². The first kappa shape index (κ1) is 29.0. The smallest absolute Gasteiger partial charge is 0.264 e. The molecule has 1 atom stereocenters. The van der Waals surface area contributed by atoms with Crippen molar-refractivity contribution in [3.8, 4) is 0 Å². The second kappa shape index (κ2) is 12.3. The second-order valence-electron chi connectivity index (χ2n) is 8.36. The van der Waals surface area contributed by atoms with Gasteiger partial charge >= 0.3 is 0 Å². The van der Waals surface area contributed by atoms with Crippen LogP contribution in [-0.2, 0) is 26.2 Å². The number of anilines is 1. The summed E-state index contributed by atoms with van der Waals surface area (Å²) in [5.41, 5.74) is 1.83. The lowest BCUT2D eigenvalue weighted by molar-refractivity contribution is -0.139. The highest BCUT2D eigenvalue weighted by Crippen LogP contribution is 2.28. The van der Waals surface area contributed by atoms with E-state index in [9.17, 15) is 18.0 Å². The average Bonchev–Trinajstić information content (AvgIpc) is 2.87. The molecule has 0 aliphatic carbocycles. The first-order valence-electron chi connectivity index (χ1n) is 11.2. The van der Waals surface area contributed by atoms with Crippen LogP contribution in [0.25, 0.3) is 0 Å². The van der Waals surface area contributed by atoms with Crippen LogP contribution in [0.3, 0.4) is 0 Å². The third kappa shape index (κ3) is 7.04. The fourth-order valence-electron chi connectivity index (χ4n) is 3.62. The molecule has 0 aliphatic rings. The molecule has 11 heteroatoms. The van der Waals surface area contributed by atoms with Crippen LogP contribution in [0.2, 0.25) is 10.0 Å². The van der Waals surface area contributed by atoms with E-state index >= 15 is 0 Å². The maximum absolute atomic E-state index is 13.7. The molecule has 0 aromatic heterocycles. The summed E-state index contributed by atoms with van der Waals surface area (Å²) in [6.07, 6.45) is 0. The lowest BCUT2D eigenvalue weighted by atomic mass is 10.1. The zero-order valence-corrected chi connectivity index (χ0v) is 24.3. The zero-order valence-electron chi connectivity index (χ0n) is 20.4. The number of nitrogens with zero attached hydrogens (tertiary/aromatic N) is 2. The Morgan fingerprint density at radius 3 is 2.27 bits per heavy atom. The molecule has 0 saturated heterocycles. The Morgan fingerprint density at radius 2 is 1.68 bits per heavy atom. The number of carbonyl (C=O) groups is 2. The predicted octanol–water partition coefficient (Wildman–Crippen LogP) is 5.42. The summed E-state index contributed by atoms with van der Waals surface area (Å²) in [4.78, 5) is 27.6. The standard InChI is InChI=1S/C26H26BrCl2N3O4S/c1-17-7-10-22(11-8-17)37(35,36)32(21-6-4-5-20(27)14-21)16-25(33)31(18(2)26(34)30-3)15-19-9-12-23(28)24(29)13-19/h4-14,18H,15-16H2,1-3H3,(H,30,34). The van der Waals surface area contributed by atoms with Crippen molar-refractivity contribution in [2.24, 2.45) is 0 Å². The molecule has 0 heterocycles. The van der Waals surface area contributed by atoms with E-state index in [-0.39, 0.29) is 11.4 Å². The summed E-state index contributed by atoms with van der Waals surface area (Å²) in [5, 5.41) is 3.20. The molecule has 2 amide bonds.